The molecule has 2 atom stereocenters. The van der Waals surface area contributed by atoms with E-state index in [0.29, 0.717) is 30.0 Å². The minimum Gasteiger partial charge on any atom is -0.410 e. The quantitative estimate of drug-likeness (QED) is 0.610. The summed E-state index contributed by atoms with van der Waals surface area (Å²) in [6.45, 7) is 2.63. The Morgan fingerprint density at radius 2 is 1.91 bits per heavy atom. The predicted octanol–water partition coefficient (Wildman–Crippen LogP) is 5.67. The lowest BCUT2D eigenvalue weighted by Gasteiger charge is -2.57. The van der Waals surface area contributed by atoms with Gasteiger partial charge in [-0.15, -0.1) is 0 Å². The van der Waals surface area contributed by atoms with Crippen molar-refractivity contribution in [1.29, 1.82) is 0 Å². The van der Waals surface area contributed by atoms with Crippen molar-refractivity contribution in [2.75, 3.05) is 6.54 Å². The molecule has 1 N–H and O–H groups in total. The van der Waals surface area contributed by atoms with Crippen LogP contribution in [0.4, 0.5) is 4.79 Å². The highest BCUT2D eigenvalue weighted by Gasteiger charge is 2.67. The van der Waals surface area contributed by atoms with Gasteiger partial charge in [0.2, 0.25) is 11.6 Å². The molecule has 0 aromatic heterocycles. The van der Waals surface area contributed by atoms with Crippen molar-refractivity contribution in [2.24, 2.45) is 23.7 Å². The highest BCUT2D eigenvalue weighted by atomic mass is 17.3. The van der Waals surface area contributed by atoms with E-state index in [1.54, 1.807) is 0 Å². The third kappa shape index (κ3) is 3.55. The molecule has 5 aliphatic carbocycles. The van der Waals surface area contributed by atoms with Crippen molar-refractivity contribution in [3.8, 4) is 5.75 Å². The second-order valence-electron chi connectivity index (χ2n) is 10.9. The largest absolute Gasteiger partial charge is 0.412 e. The molecule has 0 radical (unpaired) electrons. The smallest absolute Gasteiger partial charge is 0.410 e. The maximum Gasteiger partial charge on any atom is 0.412 e. The normalized spacial score (nSPS) is 42.0. The van der Waals surface area contributed by atoms with Gasteiger partial charge in [0.25, 0.3) is 0 Å². The van der Waals surface area contributed by atoms with Gasteiger partial charge in [0, 0.05) is 31.2 Å². The Bertz CT molecular complexity index is 844. The molecule has 5 saturated carbocycles. The molecule has 7 rings (SSSR count). The number of hydrogen-bond acceptors (Lipinski definition) is 5. The molecule has 1 aromatic rings. The van der Waals surface area contributed by atoms with Crippen molar-refractivity contribution in [3.63, 3.8) is 0 Å². The first-order valence-electron chi connectivity index (χ1n) is 12.7. The minimum absolute atomic E-state index is 0.293. The molecule has 0 unspecified atom stereocenters. The van der Waals surface area contributed by atoms with Crippen LogP contribution < -0.4 is 10.1 Å². The van der Waals surface area contributed by atoms with E-state index in [4.69, 9.17) is 19.2 Å². The van der Waals surface area contributed by atoms with Crippen LogP contribution in [0.5, 0.6) is 5.75 Å². The Morgan fingerprint density at radius 1 is 1.12 bits per heavy atom. The molecule has 1 amide bonds. The fourth-order valence-corrected chi connectivity index (χ4v) is 7.46. The molecule has 6 fully saturated rings. The van der Waals surface area contributed by atoms with Gasteiger partial charge in [-0.1, -0.05) is 19.1 Å². The van der Waals surface area contributed by atoms with E-state index in [-0.39, 0.29) is 0 Å². The fourth-order valence-electron chi connectivity index (χ4n) is 7.46. The van der Waals surface area contributed by atoms with Crippen LogP contribution in [0, 0.1) is 23.7 Å². The van der Waals surface area contributed by atoms with Crippen molar-refractivity contribution >= 4 is 6.09 Å². The molecule has 6 aliphatic rings. The van der Waals surface area contributed by atoms with Crippen LogP contribution in [0.2, 0.25) is 0 Å². The second kappa shape index (κ2) is 8.00. The second-order valence-corrected chi connectivity index (χ2v) is 10.9. The van der Waals surface area contributed by atoms with Crippen LogP contribution in [-0.2, 0) is 14.5 Å². The van der Waals surface area contributed by atoms with Crippen molar-refractivity contribution < 1.29 is 24.0 Å². The number of carbonyl (C=O) groups is 1. The lowest BCUT2D eigenvalue weighted by molar-refractivity contribution is -0.390. The molecule has 174 valence electrons. The summed E-state index contributed by atoms with van der Waals surface area (Å²) in [7, 11) is 0. The van der Waals surface area contributed by atoms with Gasteiger partial charge in [-0.25, -0.2) is 4.79 Å². The van der Waals surface area contributed by atoms with Gasteiger partial charge >= 0.3 is 6.09 Å². The molecule has 6 nitrogen and oxygen atoms in total. The summed E-state index contributed by atoms with van der Waals surface area (Å²) in [5.41, 5.74) is 1.17. The number of benzene rings is 1. The van der Waals surface area contributed by atoms with Crippen molar-refractivity contribution in [3.05, 3.63) is 29.8 Å². The molecule has 6 heteroatoms. The van der Waals surface area contributed by atoms with Crippen LogP contribution in [0.25, 0.3) is 0 Å². The molecule has 1 aromatic carbocycles. The van der Waals surface area contributed by atoms with Gasteiger partial charge in [0.05, 0.1) is 0 Å². The average Bonchev–Trinajstić information content (AvgIpc) is 3.15. The molecule has 32 heavy (non-hydrogen) atoms. The molecular formula is C26H35NO5. The van der Waals surface area contributed by atoms with Crippen LogP contribution in [0.15, 0.2) is 24.3 Å². The van der Waals surface area contributed by atoms with Gasteiger partial charge < -0.3 is 14.8 Å². The molecule has 1 saturated heterocycles. The van der Waals surface area contributed by atoms with Gasteiger partial charge in [0.1, 0.15) is 5.75 Å². The predicted molar refractivity (Wildman–Crippen MR) is 118 cm³/mol. The molecular weight excluding hydrogens is 406 g/mol. The van der Waals surface area contributed by atoms with E-state index in [9.17, 15) is 4.79 Å². The Labute approximate surface area is 190 Å². The third-order valence-electron chi connectivity index (χ3n) is 8.67. The molecule has 2 spiro atoms. The van der Waals surface area contributed by atoms with E-state index < -0.39 is 17.7 Å². The fraction of sp³-hybridized carbons (Fsp3) is 0.731. The summed E-state index contributed by atoms with van der Waals surface area (Å²) in [6.07, 6.45) is 10.6. The standard InChI is InChI=1S/C26H35NO5/c1-2-9-27-24(28)29-23-7-3-5-19(15-23)20-6-4-8-25(16-20)30-26(32-31-25)21-11-17-10-18(13-21)14-22(26)12-17/h3,5,7,15,17-18,20-22H,2,4,6,8-14,16H2,1H3,(H,27,28)/t17?,18?,20-,21?,22?,25-,26?/m1/s1. The van der Waals surface area contributed by atoms with Gasteiger partial charge in [-0.3, -0.25) is 0 Å². The monoisotopic (exact) mass is 441 g/mol. The lowest BCUT2D eigenvalue weighted by atomic mass is 9.53. The van der Waals surface area contributed by atoms with Gasteiger partial charge in [0.15, 0.2) is 0 Å². The first-order chi connectivity index (χ1) is 15.6. The first-order valence-corrected chi connectivity index (χ1v) is 12.7. The van der Waals surface area contributed by atoms with Gasteiger partial charge in [-0.05, 0) is 86.8 Å². The molecule has 4 bridgehead atoms. The van der Waals surface area contributed by atoms with Gasteiger partial charge in [-0.2, -0.15) is 9.78 Å². The Morgan fingerprint density at radius 3 is 2.66 bits per heavy atom. The molecule has 1 aliphatic heterocycles. The maximum absolute atomic E-state index is 12.0. The van der Waals surface area contributed by atoms with E-state index in [0.717, 1.165) is 43.9 Å². The Kier molecular flexibility index (Phi) is 5.23. The highest BCUT2D eigenvalue weighted by molar-refractivity contribution is 5.70. The summed E-state index contributed by atoms with van der Waals surface area (Å²) in [5.74, 6) is 2.41. The summed E-state index contributed by atoms with van der Waals surface area (Å²) in [4.78, 5) is 24.3. The number of amides is 1. The van der Waals surface area contributed by atoms with E-state index in [1.807, 2.05) is 25.1 Å². The SMILES string of the molecule is CCCNC(=O)Oc1cccc([C@@H]2CCC[C@]3(C2)OOC2(O3)C3CC4CC(C3)CC2C4)c1. The van der Waals surface area contributed by atoms with E-state index in [2.05, 4.69) is 11.4 Å². The van der Waals surface area contributed by atoms with Crippen LogP contribution in [0.1, 0.15) is 82.6 Å². The number of rotatable bonds is 4. The summed E-state index contributed by atoms with van der Waals surface area (Å²) < 4.78 is 12.4. The summed E-state index contributed by atoms with van der Waals surface area (Å²) in [6, 6.07) is 7.91. The first kappa shape index (κ1) is 20.9. The number of nitrogens with one attached hydrogen (secondary N) is 1. The lowest BCUT2D eigenvalue weighted by Crippen LogP contribution is -2.59. The topological polar surface area (TPSA) is 66.0 Å². The summed E-state index contributed by atoms with van der Waals surface area (Å²) in [5, 5.41) is 2.76. The third-order valence-corrected chi connectivity index (χ3v) is 8.67. The average molecular weight is 442 g/mol. The zero-order valence-electron chi connectivity index (χ0n) is 19.0. The van der Waals surface area contributed by atoms with Crippen molar-refractivity contribution in [2.45, 2.75) is 88.6 Å². The van der Waals surface area contributed by atoms with E-state index in [1.165, 1.54) is 37.7 Å². The maximum atomic E-state index is 12.0. The van der Waals surface area contributed by atoms with Crippen LogP contribution >= 0.6 is 0 Å². The Balaban J connectivity index is 1.16. The number of ether oxygens (including phenoxy) is 2. The Hall–Kier alpha value is -1.63. The van der Waals surface area contributed by atoms with Crippen LogP contribution in [-0.4, -0.2) is 24.2 Å². The molecule has 1 heterocycles. The highest BCUT2D eigenvalue weighted by Crippen LogP contribution is 2.64. The van der Waals surface area contributed by atoms with Crippen LogP contribution in [0.3, 0.4) is 0 Å². The van der Waals surface area contributed by atoms with E-state index >= 15 is 0 Å². The zero-order chi connectivity index (χ0) is 21.8. The minimum atomic E-state index is -0.645. The number of carbonyl (C=O) groups excluding carboxylic acids is 1. The zero-order valence-corrected chi connectivity index (χ0v) is 19.0. The van der Waals surface area contributed by atoms with Crippen molar-refractivity contribution in [1.82, 2.24) is 5.32 Å². The summed E-state index contributed by atoms with van der Waals surface area (Å²) >= 11 is 0. The number of hydrogen-bond donors (Lipinski definition) is 1.